The monoisotopic (exact) mass is 240 g/mol. The number of piperazine rings is 1. The van der Waals surface area contributed by atoms with E-state index in [1.165, 1.54) is 45.1 Å². The van der Waals surface area contributed by atoms with Crippen LogP contribution in [-0.4, -0.2) is 49.8 Å². The van der Waals surface area contributed by atoms with Crippen molar-refractivity contribution in [2.75, 3.05) is 32.8 Å². The third-order valence-electron chi connectivity index (χ3n) is 4.23. The van der Waals surface area contributed by atoms with Gasteiger partial charge in [0, 0.05) is 32.2 Å². The van der Waals surface area contributed by atoms with Gasteiger partial charge in [-0.05, 0) is 19.3 Å². The van der Waals surface area contributed by atoms with Gasteiger partial charge in [-0.15, -0.1) is 0 Å². The fraction of sp³-hybridized carbons (Fsp3) is 1.00. The first-order valence-electron chi connectivity index (χ1n) is 7.46. The van der Waals surface area contributed by atoms with E-state index in [0.29, 0.717) is 6.10 Å². The highest BCUT2D eigenvalue weighted by atomic mass is 16.5. The van der Waals surface area contributed by atoms with Gasteiger partial charge in [0.2, 0.25) is 0 Å². The minimum atomic E-state index is 0.562. The Morgan fingerprint density at radius 1 is 1.24 bits per heavy atom. The van der Waals surface area contributed by atoms with E-state index in [1.54, 1.807) is 0 Å². The number of ether oxygens (including phenoxy) is 1. The van der Waals surface area contributed by atoms with Gasteiger partial charge in [0.1, 0.15) is 0 Å². The zero-order chi connectivity index (χ0) is 11.9. The van der Waals surface area contributed by atoms with Crippen LogP contribution in [0.1, 0.15) is 45.4 Å². The van der Waals surface area contributed by atoms with Gasteiger partial charge < -0.3 is 10.1 Å². The summed E-state index contributed by atoms with van der Waals surface area (Å²) in [7, 11) is 0. The summed E-state index contributed by atoms with van der Waals surface area (Å²) in [5.74, 6) is 0. The Hall–Kier alpha value is -0.120. The van der Waals surface area contributed by atoms with Crippen LogP contribution < -0.4 is 5.32 Å². The highest BCUT2D eigenvalue weighted by Gasteiger charge is 2.20. The van der Waals surface area contributed by atoms with Crippen LogP contribution >= 0.6 is 0 Å². The second-order valence-electron chi connectivity index (χ2n) is 5.43. The standard InChI is InChI=1S/C14H28N2O/c1-2-13-12-15-8-9-16(13)10-11-17-14-6-4-3-5-7-14/h13-15H,2-12H2,1H3. The van der Waals surface area contributed by atoms with Crippen LogP contribution in [0.5, 0.6) is 0 Å². The summed E-state index contributed by atoms with van der Waals surface area (Å²) in [6.07, 6.45) is 8.54. The maximum atomic E-state index is 6.02. The maximum absolute atomic E-state index is 6.02. The van der Waals surface area contributed by atoms with Crippen molar-refractivity contribution in [3.05, 3.63) is 0 Å². The molecule has 3 heteroatoms. The van der Waals surface area contributed by atoms with Crippen molar-refractivity contribution in [2.45, 2.75) is 57.6 Å². The Labute approximate surface area is 106 Å². The van der Waals surface area contributed by atoms with Gasteiger partial charge >= 0.3 is 0 Å². The molecule has 3 nitrogen and oxygen atoms in total. The van der Waals surface area contributed by atoms with Crippen molar-refractivity contribution in [3.63, 3.8) is 0 Å². The normalized spacial score (nSPS) is 28.4. The van der Waals surface area contributed by atoms with E-state index in [-0.39, 0.29) is 0 Å². The minimum absolute atomic E-state index is 0.562. The summed E-state index contributed by atoms with van der Waals surface area (Å²) in [4.78, 5) is 2.60. The molecule has 0 aromatic rings. The van der Waals surface area contributed by atoms with E-state index in [9.17, 15) is 0 Å². The third kappa shape index (κ3) is 4.23. The van der Waals surface area contributed by atoms with Crippen LogP contribution in [0, 0.1) is 0 Å². The third-order valence-corrected chi connectivity index (χ3v) is 4.23. The molecular weight excluding hydrogens is 212 g/mol. The second kappa shape index (κ2) is 7.34. The molecule has 100 valence electrons. The molecule has 1 aliphatic carbocycles. The van der Waals surface area contributed by atoms with Crippen molar-refractivity contribution in [2.24, 2.45) is 0 Å². The van der Waals surface area contributed by atoms with Crippen molar-refractivity contribution in [1.82, 2.24) is 10.2 Å². The molecule has 2 fully saturated rings. The maximum Gasteiger partial charge on any atom is 0.0597 e. The molecule has 1 heterocycles. The average molecular weight is 240 g/mol. The highest BCUT2D eigenvalue weighted by molar-refractivity contribution is 4.78. The first-order valence-corrected chi connectivity index (χ1v) is 7.46. The van der Waals surface area contributed by atoms with E-state index >= 15 is 0 Å². The Balaban J connectivity index is 1.62. The van der Waals surface area contributed by atoms with E-state index in [1.807, 2.05) is 0 Å². The molecule has 1 atom stereocenters. The van der Waals surface area contributed by atoms with Gasteiger partial charge in [-0.1, -0.05) is 26.2 Å². The van der Waals surface area contributed by atoms with Crippen LogP contribution in [0.3, 0.4) is 0 Å². The Morgan fingerprint density at radius 3 is 2.82 bits per heavy atom. The SMILES string of the molecule is CCC1CNCCN1CCOC1CCCCC1. The molecule has 0 spiro atoms. The predicted molar refractivity (Wildman–Crippen MR) is 71.3 cm³/mol. The number of rotatable bonds is 5. The largest absolute Gasteiger partial charge is 0.377 e. The van der Waals surface area contributed by atoms with E-state index < -0.39 is 0 Å². The first-order chi connectivity index (χ1) is 8.40. The summed E-state index contributed by atoms with van der Waals surface area (Å²) in [6, 6.07) is 0.721. The summed E-state index contributed by atoms with van der Waals surface area (Å²) >= 11 is 0. The molecule has 0 bridgehead atoms. The lowest BCUT2D eigenvalue weighted by Crippen LogP contribution is -2.51. The molecule has 0 radical (unpaired) electrons. The number of nitrogens with one attached hydrogen (secondary N) is 1. The van der Waals surface area contributed by atoms with Gasteiger partial charge in [0.25, 0.3) is 0 Å². The van der Waals surface area contributed by atoms with Crippen LogP contribution in [0.25, 0.3) is 0 Å². The molecule has 1 unspecified atom stereocenters. The molecule has 1 saturated carbocycles. The molecule has 0 amide bonds. The zero-order valence-corrected chi connectivity index (χ0v) is 11.3. The molecule has 0 aromatic heterocycles. The van der Waals surface area contributed by atoms with E-state index in [4.69, 9.17) is 4.74 Å². The van der Waals surface area contributed by atoms with E-state index in [2.05, 4.69) is 17.1 Å². The van der Waals surface area contributed by atoms with Crippen LogP contribution in [0.15, 0.2) is 0 Å². The molecule has 17 heavy (non-hydrogen) atoms. The molecule has 0 aromatic carbocycles. The summed E-state index contributed by atoms with van der Waals surface area (Å²) in [5.41, 5.74) is 0. The summed E-state index contributed by atoms with van der Waals surface area (Å²) < 4.78 is 6.02. The van der Waals surface area contributed by atoms with Gasteiger partial charge in [-0.25, -0.2) is 0 Å². The topological polar surface area (TPSA) is 24.5 Å². The predicted octanol–water partition coefficient (Wildman–Crippen LogP) is 2.02. The van der Waals surface area contributed by atoms with Gasteiger partial charge in [0.15, 0.2) is 0 Å². The van der Waals surface area contributed by atoms with E-state index in [0.717, 1.165) is 32.3 Å². The number of hydrogen-bond acceptors (Lipinski definition) is 3. The fourth-order valence-corrected chi connectivity index (χ4v) is 3.07. The number of hydrogen-bond donors (Lipinski definition) is 1. The van der Waals surface area contributed by atoms with Gasteiger partial charge in [-0.2, -0.15) is 0 Å². The highest BCUT2D eigenvalue weighted by Crippen LogP contribution is 2.20. The lowest BCUT2D eigenvalue weighted by atomic mass is 9.98. The minimum Gasteiger partial charge on any atom is -0.377 e. The smallest absolute Gasteiger partial charge is 0.0597 e. The van der Waals surface area contributed by atoms with Crippen LogP contribution in [0.2, 0.25) is 0 Å². The van der Waals surface area contributed by atoms with Crippen LogP contribution in [0.4, 0.5) is 0 Å². The molecule has 1 N–H and O–H groups in total. The van der Waals surface area contributed by atoms with Crippen molar-refractivity contribution >= 4 is 0 Å². The Morgan fingerprint density at radius 2 is 2.06 bits per heavy atom. The molecule has 1 aliphatic heterocycles. The summed E-state index contributed by atoms with van der Waals surface area (Å²) in [5, 5.41) is 3.47. The van der Waals surface area contributed by atoms with Crippen molar-refractivity contribution < 1.29 is 4.74 Å². The van der Waals surface area contributed by atoms with Crippen molar-refractivity contribution in [1.29, 1.82) is 0 Å². The lowest BCUT2D eigenvalue weighted by molar-refractivity contribution is 0.00704. The Bertz CT molecular complexity index is 204. The van der Waals surface area contributed by atoms with Crippen molar-refractivity contribution in [3.8, 4) is 0 Å². The second-order valence-corrected chi connectivity index (χ2v) is 5.43. The van der Waals surface area contributed by atoms with Gasteiger partial charge in [-0.3, -0.25) is 4.90 Å². The quantitative estimate of drug-likeness (QED) is 0.795. The molecule has 1 saturated heterocycles. The average Bonchev–Trinajstić information content (AvgIpc) is 2.40. The summed E-state index contributed by atoms with van der Waals surface area (Å²) in [6.45, 7) is 7.82. The molecule has 2 rings (SSSR count). The number of nitrogens with zero attached hydrogens (tertiary/aromatic N) is 1. The fourth-order valence-electron chi connectivity index (χ4n) is 3.07. The van der Waals surface area contributed by atoms with Crippen LogP contribution in [-0.2, 0) is 4.74 Å². The zero-order valence-electron chi connectivity index (χ0n) is 11.3. The first kappa shape index (κ1) is 13.3. The van der Waals surface area contributed by atoms with Gasteiger partial charge in [0.05, 0.1) is 12.7 Å². The molecule has 2 aliphatic rings. The lowest BCUT2D eigenvalue weighted by Gasteiger charge is -2.36. The molecular formula is C14H28N2O. The Kier molecular flexibility index (Phi) is 5.75.